The molecule has 16 heavy (non-hydrogen) atoms. The van der Waals surface area contributed by atoms with Crippen molar-refractivity contribution in [3.8, 4) is 5.75 Å². The van der Waals surface area contributed by atoms with E-state index in [0.29, 0.717) is 12.5 Å². The fraction of sp³-hybridized carbons (Fsp3) is 0.364. The summed E-state index contributed by atoms with van der Waals surface area (Å²) in [6, 6.07) is 2.56. The van der Waals surface area contributed by atoms with Crippen molar-refractivity contribution in [2.75, 3.05) is 6.54 Å². The lowest BCUT2D eigenvalue weighted by atomic mass is 10.1. The second kappa shape index (κ2) is 4.29. The van der Waals surface area contributed by atoms with Crippen molar-refractivity contribution in [2.24, 2.45) is 5.92 Å². The van der Waals surface area contributed by atoms with Gasteiger partial charge in [-0.2, -0.15) is 0 Å². The number of halogens is 2. The van der Waals surface area contributed by atoms with E-state index in [0.717, 1.165) is 12.8 Å². The van der Waals surface area contributed by atoms with Gasteiger partial charge < -0.3 is 10.4 Å². The molecule has 0 aliphatic heterocycles. The van der Waals surface area contributed by atoms with E-state index in [1.165, 1.54) is 12.1 Å². The van der Waals surface area contributed by atoms with E-state index in [4.69, 9.17) is 11.6 Å². The Labute approximate surface area is 97.2 Å². The first kappa shape index (κ1) is 11.2. The summed E-state index contributed by atoms with van der Waals surface area (Å²) in [5.74, 6) is -1.59. The van der Waals surface area contributed by atoms with Gasteiger partial charge in [0.15, 0.2) is 11.6 Å². The van der Waals surface area contributed by atoms with Gasteiger partial charge in [0.05, 0.1) is 10.6 Å². The maximum Gasteiger partial charge on any atom is 0.255 e. The Bertz CT molecular complexity index is 432. The lowest BCUT2D eigenvalue weighted by molar-refractivity contribution is 0.0948. The number of benzene rings is 1. The number of hydrogen-bond donors (Lipinski definition) is 2. The van der Waals surface area contributed by atoms with Crippen LogP contribution in [0.2, 0.25) is 5.02 Å². The van der Waals surface area contributed by atoms with Crippen molar-refractivity contribution < 1.29 is 14.3 Å². The lowest BCUT2D eigenvalue weighted by Gasteiger charge is -2.07. The van der Waals surface area contributed by atoms with E-state index in [1.54, 1.807) is 0 Å². The first-order valence-corrected chi connectivity index (χ1v) is 5.42. The van der Waals surface area contributed by atoms with Crippen molar-refractivity contribution in [2.45, 2.75) is 12.8 Å². The number of rotatable bonds is 3. The molecule has 0 atom stereocenters. The number of amides is 1. The van der Waals surface area contributed by atoms with Crippen LogP contribution in [0.3, 0.4) is 0 Å². The predicted molar refractivity (Wildman–Crippen MR) is 58.1 cm³/mol. The van der Waals surface area contributed by atoms with Crippen molar-refractivity contribution in [3.63, 3.8) is 0 Å². The van der Waals surface area contributed by atoms with Crippen LogP contribution in [0, 0.1) is 11.7 Å². The zero-order valence-corrected chi connectivity index (χ0v) is 9.22. The molecule has 0 heterocycles. The van der Waals surface area contributed by atoms with Gasteiger partial charge in [-0.3, -0.25) is 4.79 Å². The van der Waals surface area contributed by atoms with E-state index in [9.17, 15) is 14.3 Å². The largest absolute Gasteiger partial charge is 0.504 e. The average Bonchev–Trinajstić information content (AvgIpc) is 3.07. The molecule has 0 spiro atoms. The van der Waals surface area contributed by atoms with Gasteiger partial charge in [-0.05, 0) is 30.9 Å². The molecule has 1 aliphatic carbocycles. The van der Waals surface area contributed by atoms with Crippen LogP contribution in [0.4, 0.5) is 4.39 Å². The monoisotopic (exact) mass is 243 g/mol. The maximum atomic E-state index is 13.2. The van der Waals surface area contributed by atoms with Crippen molar-refractivity contribution in [1.82, 2.24) is 5.32 Å². The molecule has 1 aliphatic rings. The van der Waals surface area contributed by atoms with Gasteiger partial charge in [-0.25, -0.2) is 4.39 Å². The molecule has 0 bridgehead atoms. The minimum Gasteiger partial charge on any atom is -0.504 e. The molecule has 5 heteroatoms. The Balaban J connectivity index is 2.12. The molecule has 2 N–H and O–H groups in total. The molecule has 1 fully saturated rings. The number of phenols is 1. The summed E-state index contributed by atoms with van der Waals surface area (Å²) in [7, 11) is 0. The molecule has 2 rings (SSSR count). The Morgan fingerprint density at radius 3 is 2.88 bits per heavy atom. The predicted octanol–water partition coefficient (Wildman–Crippen LogP) is 2.32. The highest BCUT2D eigenvalue weighted by Gasteiger charge is 2.23. The fourth-order valence-electron chi connectivity index (χ4n) is 1.38. The molecular weight excluding hydrogens is 233 g/mol. The first-order chi connectivity index (χ1) is 7.59. The third kappa shape index (κ3) is 2.27. The molecule has 0 radical (unpaired) electrons. The quantitative estimate of drug-likeness (QED) is 0.856. The summed E-state index contributed by atoms with van der Waals surface area (Å²) in [6.45, 7) is 0.572. The van der Waals surface area contributed by atoms with E-state index < -0.39 is 17.5 Å². The standard InChI is InChI=1S/C11H11ClFNO2/c12-8-4-3-7(10(15)9(8)13)11(16)14-5-6-1-2-6/h3-4,6,15H,1-2,5H2,(H,14,16). The molecule has 1 saturated carbocycles. The second-order valence-corrected chi connectivity index (χ2v) is 4.32. The minimum absolute atomic E-state index is 0.0810. The summed E-state index contributed by atoms with van der Waals surface area (Å²) < 4.78 is 13.2. The maximum absolute atomic E-state index is 13.2. The van der Waals surface area contributed by atoms with Crippen LogP contribution in [0.25, 0.3) is 0 Å². The van der Waals surface area contributed by atoms with E-state index >= 15 is 0 Å². The molecule has 0 saturated heterocycles. The highest BCUT2D eigenvalue weighted by molar-refractivity contribution is 6.31. The normalized spacial score (nSPS) is 14.9. The SMILES string of the molecule is O=C(NCC1CC1)c1ccc(Cl)c(F)c1O. The fourth-order valence-corrected chi connectivity index (χ4v) is 1.53. The van der Waals surface area contributed by atoms with Crippen molar-refractivity contribution in [3.05, 3.63) is 28.5 Å². The lowest BCUT2D eigenvalue weighted by Crippen LogP contribution is -2.25. The van der Waals surface area contributed by atoms with Crippen LogP contribution >= 0.6 is 11.6 Å². The van der Waals surface area contributed by atoms with Gasteiger partial charge in [0.1, 0.15) is 0 Å². The van der Waals surface area contributed by atoms with Crippen LogP contribution < -0.4 is 5.32 Å². The van der Waals surface area contributed by atoms with Gasteiger partial charge in [-0.15, -0.1) is 0 Å². The van der Waals surface area contributed by atoms with Crippen molar-refractivity contribution >= 4 is 17.5 Å². The average molecular weight is 244 g/mol. The molecule has 1 amide bonds. The Kier molecular flexibility index (Phi) is 3.01. The highest BCUT2D eigenvalue weighted by atomic mass is 35.5. The third-order valence-corrected chi connectivity index (χ3v) is 2.85. The highest BCUT2D eigenvalue weighted by Crippen LogP contribution is 2.29. The van der Waals surface area contributed by atoms with Crippen LogP contribution in [0.15, 0.2) is 12.1 Å². The number of nitrogens with one attached hydrogen (secondary N) is 1. The van der Waals surface area contributed by atoms with E-state index in [-0.39, 0.29) is 10.6 Å². The third-order valence-electron chi connectivity index (χ3n) is 2.56. The zero-order valence-electron chi connectivity index (χ0n) is 8.46. The second-order valence-electron chi connectivity index (χ2n) is 3.91. The topological polar surface area (TPSA) is 49.3 Å². The van der Waals surface area contributed by atoms with E-state index in [2.05, 4.69) is 5.32 Å². The van der Waals surface area contributed by atoms with Gasteiger partial charge in [-0.1, -0.05) is 11.6 Å². The Morgan fingerprint density at radius 1 is 1.56 bits per heavy atom. The number of phenolic OH excluding ortho intramolecular Hbond substituents is 1. The minimum atomic E-state index is -0.958. The molecule has 0 aromatic heterocycles. The van der Waals surface area contributed by atoms with Gasteiger partial charge in [0.2, 0.25) is 0 Å². The van der Waals surface area contributed by atoms with Crippen LogP contribution in [0.1, 0.15) is 23.2 Å². The molecule has 3 nitrogen and oxygen atoms in total. The van der Waals surface area contributed by atoms with Crippen LogP contribution in [-0.2, 0) is 0 Å². The van der Waals surface area contributed by atoms with Crippen LogP contribution in [-0.4, -0.2) is 17.6 Å². The first-order valence-electron chi connectivity index (χ1n) is 5.04. The van der Waals surface area contributed by atoms with Gasteiger partial charge in [0, 0.05) is 6.54 Å². The molecule has 86 valence electrons. The molecule has 0 unspecified atom stereocenters. The van der Waals surface area contributed by atoms with Crippen LogP contribution in [0.5, 0.6) is 5.75 Å². The summed E-state index contributed by atoms with van der Waals surface area (Å²) in [6.07, 6.45) is 2.22. The number of aromatic hydroxyl groups is 1. The molecular formula is C11H11ClFNO2. The van der Waals surface area contributed by atoms with E-state index in [1.807, 2.05) is 0 Å². The molecule has 1 aromatic carbocycles. The van der Waals surface area contributed by atoms with Crippen molar-refractivity contribution in [1.29, 1.82) is 0 Å². The number of hydrogen-bond acceptors (Lipinski definition) is 2. The Hall–Kier alpha value is -1.29. The number of carbonyl (C=O) groups is 1. The number of carbonyl (C=O) groups excluding carboxylic acids is 1. The zero-order chi connectivity index (χ0) is 11.7. The summed E-state index contributed by atoms with van der Waals surface area (Å²) in [5.41, 5.74) is -0.0810. The summed E-state index contributed by atoms with van der Waals surface area (Å²) in [4.78, 5) is 11.6. The smallest absolute Gasteiger partial charge is 0.255 e. The van der Waals surface area contributed by atoms with Gasteiger partial charge >= 0.3 is 0 Å². The summed E-state index contributed by atoms with van der Waals surface area (Å²) >= 11 is 5.46. The Morgan fingerprint density at radius 2 is 2.25 bits per heavy atom. The summed E-state index contributed by atoms with van der Waals surface area (Å²) in [5, 5.41) is 11.9. The van der Waals surface area contributed by atoms with Gasteiger partial charge in [0.25, 0.3) is 5.91 Å². The molecule has 1 aromatic rings.